The number of carbonyl (C=O) groups is 1. The van der Waals surface area contributed by atoms with Crippen molar-refractivity contribution in [2.24, 2.45) is 5.92 Å². The molecule has 1 aliphatic heterocycles. The number of hydrogen-bond acceptors (Lipinski definition) is 5. The number of hydrogen-bond donors (Lipinski definition) is 1. The first kappa shape index (κ1) is 16.5. The summed E-state index contributed by atoms with van der Waals surface area (Å²) in [5.74, 6) is 1.26. The molecule has 24 heavy (non-hydrogen) atoms. The standard InChI is InChI=1S/C17H19ClN4O2/c1-24-15-4-3-13(18)11-14(15)21-16(23)12-5-9-22(10-6-12)17-19-7-2-8-20-17/h2-4,7-8,11-12H,5-6,9-10H2,1H3,(H,21,23). The quantitative estimate of drug-likeness (QED) is 0.921. The van der Waals surface area contributed by atoms with Gasteiger partial charge in [-0.15, -0.1) is 0 Å². The Balaban J connectivity index is 1.61. The summed E-state index contributed by atoms with van der Waals surface area (Å²) in [6, 6.07) is 6.97. The topological polar surface area (TPSA) is 67.3 Å². The molecular weight excluding hydrogens is 328 g/mol. The van der Waals surface area contributed by atoms with Crippen molar-refractivity contribution in [2.45, 2.75) is 12.8 Å². The van der Waals surface area contributed by atoms with Crippen molar-refractivity contribution in [1.82, 2.24) is 9.97 Å². The molecule has 0 radical (unpaired) electrons. The van der Waals surface area contributed by atoms with Crippen LogP contribution in [0.25, 0.3) is 0 Å². The highest BCUT2D eigenvalue weighted by Crippen LogP contribution is 2.29. The largest absolute Gasteiger partial charge is 0.495 e. The van der Waals surface area contributed by atoms with Crippen LogP contribution in [0, 0.1) is 5.92 Å². The van der Waals surface area contributed by atoms with E-state index in [1.807, 2.05) is 0 Å². The zero-order chi connectivity index (χ0) is 16.9. The van der Waals surface area contributed by atoms with E-state index in [-0.39, 0.29) is 11.8 Å². The molecule has 0 unspecified atom stereocenters. The van der Waals surface area contributed by atoms with Crippen LogP contribution in [-0.4, -0.2) is 36.1 Å². The number of halogens is 1. The summed E-state index contributed by atoms with van der Waals surface area (Å²) in [7, 11) is 1.57. The van der Waals surface area contributed by atoms with Gasteiger partial charge in [-0.05, 0) is 37.1 Å². The molecule has 1 aromatic heterocycles. The van der Waals surface area contributed by atoms with Crippen LogP contribution < -0.4 is 15.0 Å². The van der Waals surface area contributed by atoms with Gasteiger partial charge in [0, 0.05) is 36.4 Å². The van der Waals surface area contributed by atoms with Crippen molar-refractivity contribution in [3.63, 3.8) is 0 Å². The molecule has 0 spiro atoms. The molecule has 1 fully saturated rings. The fourth-order valence-corrected chi connectivity index (χ4v) is 2.98. The minimum atomic E-state index is -0.0475. The summed E-state index contributed by atoms with van der Waals surface area (Å²) in [5, 5.41) is 3.49. The Bertz CT molecular complexity index is 703. The number of benzene rings is 1. The van der Waals surface area contributed by atoms with Gasteiger partial charge in [-0.25, -0.2) is 9.97 Å². The maximum atomic E-state index is 12.5. The highest BCUT2D eigenvalue weighted by Gasteiger charge is 2.26. The molecule has 1 aliphatic rings. The normalized spacial score (nSPS) is 15.2. The molecule has 1 N–H and O–H groups in total. The first-order valence-corrected chi connectivity index (χ1v) is 8.21. The van der Waals surface area contributed by atoms with Crippen molar-refractivity contribution in [3.05, 3.63) is 41.7 Å². The van der Waals surface area contributed by atoms with Crippen LogP contribution in [0.4, 0.5) is 11.6 Å². The van der Waals surface area contributed by atoms with Gasteiger partial charge >= 0.3 is 0 Å². The van der Waals surface area contributed by atoms with E-state index in [2.05, 4.69) is 20.2 Å². The van der Waals surface area contributed by atoms with Crippen molar-refractivity contribution in [2.75, 3.05) is 30.4 Å². The van der Waals surface area contributed by atoms with Gasteiger partial charge in [0.25, 0.3) is 0 Å². The Labute approximate surface area is 145 Å². The van der Waals surface area contributed by atoms with Gasteiger partial charge in [0.15, 0.2) is 0 Å². The lowest BCUT2D eigenvalue weighted by Gasteiger charge is -2.31. The van der Waals surface area contributed by atoms with Gasteiger partial charge in [-0.2, -0.15) is 0 Å². The number of aromatic nitrogens is 2. The second kappa shape index (κ2) is 7.49. The summed E-state index contributed by atoms with van der Waals surface area (Å²) in [4.78, 5) is 23.1. The third-order valence-electron chi connectivity index (χ3n) is 4.12. The molecule has 1 amide bonds. The summed E-state index contributed by atoms with van der Waals surface area (Å²) in [5.41, 5.74) is 0.601. The maximum absolute atomic E-state index is 12.5. The van der Waals surface area contributed by atoms with Crippen LogP contribution in [0.1, 0.15) is 12.8 Å². The number of nitrogens with zero attached hydrogens (tertiary/aromatic N) is 3. The smallest absolute Gasteiger partial charge is 0.227 e. The predicted octanol–water partition coefficient (Wildman–Crippen LogP) is 2.99. The Kier molecular flexibility index (Phi) is 5.15. The zero-order valence-electron chi connectivity index (χ0n) is 13.4. The second-order valence-electron chi connectivity index (χ2n) is 5.64. The molecule has 2 heterocycles. The molecule has 1 aromatic carbocycles. The lowest BCUT2D eigenvalue weighted by atomic mass is 9.96. The number of carbonyl (C=O) groups excluding carboxylic acids is 1. The first-order valence-electron chi connectivity index (χ1n) is 7.84. The zero-order valence-corrected chi connectivity index (χ0v) is 14.2. The fraction of sp³-hybridized carbons (Fsp3) is 0.353. The average molecular weight is 347 g/mol. The minimum absolute atomic E-state index is 0.0100. The summed E-state index contributed by atoms with van der Waals surface area (Å²) < 4.78 is 5.27. The number of rotatable bonds is 4. The molecular formula is C17H19ClN4O2. The first-order chi connectivity index (χ1) is 11.7. The van der Waals surface area contributed by atoms with E-state index < -0.39 is 0 Å². The molecule has 6 nitrogen and oxygen atoms in total. The molecule has 2 aromatic rings. The van der Waals surface area contributed by atoms with Crippen LogP contribution in [0.15, 0.2) is 36.7 Å². The van der Waals surface area contributed by atoms with E-state index in [9.17, 15) is 4.79 Å². The van der Waals surface area contributed by atoms with E-state index in [4.69, 9.17) is 16.3 Å². The van der Waals surface area contributed by atoms with Gasteiger partial charge in [-0.3, -0.25) is 4.79 Å². The SMILES string of the molecule is COc1ccc(Cl)cc1NC(=O)C1CCN(c2ncccn2)CC1. The number of methoxy groups -OCH3 is 1. The maximum Gasteiger partial charge on any atom is 0.227 e. The molecule has 0 aliphatic carbocycles. The van der Waals surface area contributed by atoms with Crippen molar-refractivity contribution in [1.29, 1.82) is 0 Å². The minimum Gasteiger partial charge on any atom is -0.495 e. The van der Waals surface area contributed by atoms with Gasteiger partial charge < -0.3 is 15.0 Å². The lowest BCUT2D eigenvalue weighted by Crippen LogP contribution is -2.39. The fourth-order valence-electron chi connectivity index (χ4n) is 2.81. The Morgan fingerprint density at radius 2 is 2.00 bits per heavy atom. The molecule has 0 atom stereocenters. The van der Waals surface area contributed by atoms with Crippen molar-refractivity contribution >= 4 is 29.1 Å². The highest BCUT2D eigenvalue weighted by molar-refractivity contribution is 6.31. The molecule has 0 bridgehead atoms. The van der Waals surface area contributed by atoms with Gasteiger partial charge in [0.2, 0.25) is 11.9 Å². The Hall–Kier alpha value is -2.34. The van der Waals surface area contributed by atoms with Crippen molar-refractivity contribution in [3.8, 4) is 5.75 Å². The van der Waals surface area contributed by atoms with E-state index in [0.717, 1.165) is 25.9 Å². The molecule has 126 valence electrons. The van der Waals surface area contributed by atoms with Gasteiger partial charge in [-0.1, -0.05) is 11.6 Å². The van der Waals surface area contributed by atoms with Crippen LogP contribution in [0.5, 0.6) is 5.75 Å². The Morgan fingerprint density at radius 1 is 1.29 bits per heavy atom. The van der Waals surface area contributed by atoms with E-state index in [0.29, 0.717) is 22.4 Å². The summed E-state index contributed by atoms with van der Waals surface area (Å²) >= 11 is 6.00. The van der Waals surface area contributed by atoms with Crippen LogP contribution >= 0.6 is 11.6 Å². The highest BCUT2D eigenvalue weighted by atomic mass is 35.5. The summed E-state index contributed by atoms with van der Waals surface area (Å²) in [6.07, 6.45) is 4.97. The summed E-state index contributed by atoms with van der Waals surface area (Å²) in [6.45, 7) is 1.52. The molecule has 1 saturated heterocycles. The number of amides is 1. The molecule has 3 rings (SSSR count). The monoisotopic (exact) mass is 346 g/mol. The number of nitrogens with one attached hydrogen (secondary N) is 1. The van der Waals surface area contributed by atoms with Crippen LogP contribution in [0.3, 0.4) is 0 Å². The molecule has 7 heteroatoms. The third kappa shape index (κ3) is 3.76. The number of piperidine rings is 1. The predicted molar refractivity (Wildman–Crippen MR) is 93.6 cm³/mol. The van der Waals surface area contributed by atoms with E-state index in [1.165, 1.54) is 0 Å². The number of anilines is 2. The van der Waals surface area contributed by atoms with Gasteiger partial charge in [0.05, 0.1) is 12.8 Å². The Morgan fingerprint density at radius 3 is 2.67 bits per heavy atom. The van der Waals surface area contributed by atoms with E-state index >= 15 is 0 Å². The lowest BCUT2D eigenvalue weighted by molar-refractivity contribution is -0.120. The molecule has 0 saturated carbocycles. The second-order valence-corrected chi connectivity index (χ2v) is 6.08. The van der Waals surface area contributed by atoms with Gasteiger partial charge in [0.1, 0.15) is 5.75 Å². The third-order valence-corrected chi connectivity index (χ3v) is 4.36. The van der Waals surface area contributed by atoms with E-state index in [1.54, 1.807) is 43.8 Å². The number of ether oxygens (including phenoxy) is 1. The van der Waals surface area contributed by atoms with Crippen molar-refractivity contribution < 1.29 is 9.53 Å². The average Bonchev–Trinajstić information content (AvgIpc) is 2.63. The van der Waals surface area contributed by atoms with Crippen LogP contribution in [-0.2, 0) is 4.79 Å². The van der Waals surface area contributed by atoms with Crippen LogP contribution in [0.2, 0.25) is 5.02 Å².